The molecule has 7 nitrogen and oxygen atoms in total. The molecule has 1 amide bonds. The Bertz CT molecular complexity index is 257. The maximum atomic E-state index is 11.5. The number of nitrogens with one attached hydrogen (secondary N) is 1. The number of aliphatic hydroxyl groups excluding tert-OH is 2. The molecule has 1 heterocycles. The van der Waals surface area contributed by atoms with E-state index in [1.165, 1.54) is 0 Å². The third-order valence-corrected chi connectivity index (χ3v) is 2.26. The topological polar surface area (TPSA) is 110 Å². The molecule has 0 spiro atoms. The molecule has 0 saturated carbocycles. The van der Waals surface area contributed by atoms with Gasteiger partial charge in [0.15, 0.2) is 6.23 Å². The maximum Gasteiger partial charge on any atom is 0.321 e. The van der Waals surface area contributed by atoms with Crippen molar-refractivity contribution in [3.05, 3.63) is 0 Å². The van der Waals surface area contributed by atoms with Crippen molar-refractivity contribution in [3.8, 4) is 0 Å². The molecule has 1 saturated heterocycles. The smallest absolute Gasteiger partial charge is 0.321 e. The molecule has 4 N–H and O–H groups in total. The Hall–Kier alpha value is -1.18. The van der Waals surface area contributed by atoms with Crippen LogP contribution in [0.25, 0.3) is 0 Å². The van der Waals surface area contributed by atoms with Gasteiger partial charge in [0.2, 0.25) is 5.91 Å². The fraction of sp³-hybridized carbons (Fsp3) is 0.750. The Balaban J connectivity index is 2.66. The van der Waals surface area contributed by atoms with Crippen molar-refractivity contribution >= 4 is 11.9 Å². The largest absolute Gasteiger partial charge is 0.480 e. The molecule has 15 heavy (non-hydrogen) atoms. The standard InChI is InChI=1S/C8H14N2O5/c11-4-7(13)10-2-1-9-5(8(14)15)3-6(10)12/h5,7,9,11,13H,1-4H2,(H,14,15). The minimum absolute atomic E-state index is 0.185. The van der Waals surface area contributed by atoms with E-state index in [4.69, 9.17) is 10.2 Å². The molecule has 0 aromatic carbocycles. The van der Waals surface area contributed by atoms with E-state index in [0.29, 0.717) is 0 Å². The molecule has 1 fully saturated rings. The predicted molar refractivity (Wildman–Crippen MR) is 48.8 cm³/mol. The van der Waals surface area contributed by atoms with E-state index in [9.17, 15) is 14.7 Å². The first-order valence-corrected chi connectivity index (χ1v) is 4.61. The Morgan fingerprint density at radius 3 is 2.87 bits per heavy atom. The monoisotopic (exact) mass is 218 g/mol. The molecular formula is C8H14N2O5. The summed E-state index contributed by atoms with van der Waals surface area (Å²) in [6.07, 6.45) is -1.47. The van der Waals surface area contributed by atoms with Crippen LogP contribution in [0.1, 0.15) is 6.42 Å². The van der Waals surface area contributed by atoms with Gasteiger partial charge in [0.1, 0.15) is 6.04 Å². The van der Waals surface area contributed by atoms with Gasteiger partial charge >= 0.3 is 5.97 Å². The summed E-state index contributed by atoms with van der Waals surface area (Å²) in [6.45, 7) is -0.0897. The van der Waals surface area contributed by atoms with Crippen molar-refractivity contribution in [2.75, 3.05) is 19.7 Å². The molecule has 7 heteroatoms. The van der Waals surface area contributed by atoms with Crippen LogP contribution in [0, 0.1) is 0 Å². The summed E-state index contributed by atoms with van der Waals surface area (Å²) >= 11 is 0. The molecule has 2 unspecified atom stereocenters. The lowest BCUT2D eigenvalue weighted by Crippen LogP contribution is -2.43. The third kappa shape index (κ3) is 2.88. The van der Waals surface area contributed by atoms with E-state index in [0.717, 1.165) is 4.90 Å². The van der Waals surface area contributed by atoms with E-state index in [1.54, 1.807) is 0 Å². The van der Waals surface area contributed by atoms with Gasteiger partial charge in [-0.1, -0.05) is 0 Å². The maximum absolute atomic E-state index is 11.5. The van der Waals surface area contributed by atoms with Gasteiger partial charge in [0.05, 0.1) is 13.0 Å². The highest BCUT2D eigenvalue weighted by atomic mass is 16.4. The normalized spacial score (nSPS) is 24.8. The van der Waals surface area contributed by atoms with Gasteiger partial charge in [-0.25, -0.2) is 0 Å². The van der Waals surface area contributed by atoms with Gasteiger partial charge in [0, 0.05) is 13.1 Å². The molecule has 1 aliphatic rings. The molecule has 0 aromatic rings. The van der Waals surface area contributed by atoms with Gasteiger partial charge in [0.25, 0.3) is 0 Å². The first kappa shape index (κ1) is 11.9. The SMILES string of the molecule is O=C(O)C1CC(=O)N(C(O)CO)CCN1. The lowest BCUT2D eigenvalue weighted by Gasteiger charge is -2.24. The average molecular weight is 218 g/mol. The predicted octanol–water partition coefficient (Wildman–Crippen LogP) is -2.43. The number of hydrogen-bond donors (Lipinski definition) is 4. The minimum Gasteiger partial charge on any atom is -0.480 e. The third-order valence-electron chi connectivity index (χ3n) is 2.26. The fourth-order valence-electron chi connectivity index (χ4n) is 1.44. The highest BCUT2D eigenvalue weighted by Gasteiger charge is 2.30. The lowest BCUT2D eigenvalue weighted by atomic mass is 10.2. The Labute approximate surface area is 86.3 Å². The van der Waals surface area contributed by atoms with E-state index in [2.05, 4.69) is 5.32 Å². The first-order chi connectivity index (χ1) is 7.06. The van der Waals surface area contributed by atoms with E-state index < -0.39 is 30.8 Å². The number of carbonyl (C=O) groups is 2. The van der Waals surface area contributed by atoms with Gasteiger partial charge < -0.3 is 25.5 Å². The van der Waals surface area contributed by atoms with Crippen molar-refractivity contribution in [1.29, 1.82) is 0 Å². The van der Waals surface area contributed by atoms with Crippen LogP contribution in [-0.4, -0.2) is 64.1 Å². The molecule has 0 aromatic heterocycles. The van der Waals surface area contributed by atoms with Crippen LogP contribution in [0.5, 0.6) is 0 Å². The van der Waals surface area contributed by atoms with E-state index >= 15 is 0 Å². The van der Waals surface area contributed by atoms with Crippen molar-refractivity contribution in [1.82, 2.24) is 10.2 Å². The van der Waals surface area contributed by atoms with Crippen molar-refractivity contribution in [2.24, 2.45) is 0 Å². The summed E-state index contributed by atoms with van der Waals surface area (Å²) in [5.74, 6) is -1.57. The Morgan fingerprint density at radius 2 is 2.33 bits per heavy atom. The van der Waals surface area contributed by atoms with Crippen LogP contribution >= 0.6 is 0 Å². The second-order valence-corrected chi connectivity index (χ2v) is 3.30. The molecular weight excluding hydrogens is 204 g/mol. The number of nitrogens with zero attached hydrogens (tertiary/aromatic N) is 1. The van der Waals surface area contributed by atoms with Crippen molar-refractivity contribution in [2.45, 2.75) is 18.7 Å². The number of amides is 1. The fourth-order valence-corrected chi connectivity index (χ4v) is 1.44. The number of rotatable bonds is 3. The van der Waals surface area contributed by atoms with Crippen LogP contribution in [0.4, 0.5) is 0 Å². The summed E-state index contributed by atoms with van der Waals surface area (Å²) in [4.78, 5) is 23.2. The van der Waals surface area contributed by atoms with Crippen molar-refractivity contribution in [3.63, 3.8) is 0 Å². The molecule has 86 valence electrons. The first-order valence-electron chi connectivity index (χ1n) is 4.61. The zero-order chi connectivity index (χ0) is 11.4. The van der Waals surface area contributed by atoms with Crippen LogP contribution in [0.3, 0.4) is 0 Å². The zero-order valence-corrected chi connectivity index (χ0v) is 8.09. The number of hydrogen-bond acceptors (Lipinski definition) is 5. The van der Waals surface area contributed by atoms with Gasteiger partial charge in [-0.3, -0.25) is 9.59 Å². The molecule has 0 bridgehead atoms. The van der Waals surface area contributed by atoms with Crippen LogP contribution in [0.15, 0.2) is 0 Å². The summed E-state index contributed by atoms with van der Waals surface area (Å²) in [7, 11) is 0. The second-order valence-electron chi connectivity index (χ2n) is 3.30. The molecule has 1 rings (SSSR count). The van der Waals surface area contributed by atoms with Crippen molar-refractivity contribution < 1.29 is 24.9 Å². The average Bonchev–Trinajstić information content (AvgIpc) is 2.39. The van der Waals surface area contributed by atoms with Crippen LogP contribution in [-0.2, 0) is 9.59 Å². The molecule has 0 radical (unpaired) electrons. The summed E-state index contributed by atoms with van der Waals surface area (Å²) in [6, 6.07) is -0.923. The lowest BCUT2D eigenvalue weighted by molar-refractivity contribution is -0.147. The summed E-state index contributed by atoms with van der Waals surface area (Å²) < 4.78 is 0. The number of aliphatic carboxylic acids is 1. The molecule has 2 atom stereocenters. The number of carbonyl (C=O) groups excluding carboxylic acids is 1. The van der Waals surface area contributed by atoms with Crippen LogP contribution < -0.4 is 5.32 Å². The zero-order valence-electron chi connectivity index (χ0n) is 8.09. The Morgan fingerprint density at radius 1 is 1.67 bits per heavy atom. The molecule has 1 aliphatic heterocycles. The highest BCUT2D eigenvalue weighted by molar-refractivity contribution is 5.85. The van der Waals surface area contributed by atoms with Gasteiger partial charge in [-0.2, -0.15) is 0 Å². The van der Waals surface area contributed by atoms with Crippen LogP contribution in [0.2, 0.25) is 0 Å². The number of carboxylic acids is 1. The van der Waals surface area contributed by atoms with Gasteiger partial charge in [-0.05, 0) is 0 Å². The van der Waals surface area contributed by atoms with Gasteiger partial charge in [-0.15, -0.1) is 0 Å². The quantitative estimate of drug-likeness (QED) is 0.419. The number of carboxylic acid groups (broad SMARTS) is 1. The number of aliphatic hydroxyl groups is 2. The highest BCUT2D eigenvalue weighted by Crippen LogP contribution is 2.06. The minimum atomic E-state index is -1.26. The van der Waals surface area contributed by atoms with E-state index in [1.807, 2.05) is 0 Å². The summed E-state index contributed by atoms with van der Waals surface area (Å²) in [5.41, 5.74) is 0. The molecule has 0 aliphatic carbocycles. The second kappa shape index (κ2) is 5.06. The summed E-state index contributed by atoms with van der Waals surface area (Å²) in [5, 5.41) is 29.4. The Kier molecular flexibility index (Phi) is 4.01. The van der Waals surface area contributed by atoms with E-state index in [-0.39, 0.29) is 19.5 Å².